The lowest BCUT2D eigenvalue weighted by Gasteiger charge is -2.27. The van der Waals surface area contributed by atoms with Gasteiger partial charge in [0.1, 0.15) is 12.1 Å². The first kappa shape index (κ1) is 17.8. The predicted octanol–water partition coefficient (Wildman–Crippen LogP) is 2.80. The molecule has 0 saturated heterocycles. The van der Waals surface area contributed by atoms with E-state index < -0.39 is 17.7 Å². The lowest BCUT2D eigenvalue weighted by Crippen LogP contribution is -2.47. The number of hydrogen-bond acceptors (Lipinski definition) is 5. The number of benzene rings is 1. The van der Waals surface area contributed by atoms with Gasteiger partial charge in [0, 0.05) is 0 Å². The molecule has 22 heavy (non-hydrogen) atoms. The van der Waals surface area contributed by atoms with Crippen LogP contribution in [-0.2, 0) is 14.3 Å². The summed E-state index contributed by atoms with van der Waals surface area (Å²) in [6.45, 7) is 9.19. The molecule has 0 bridgehead atoms. The molecule has 0 fully saturated rings. The number of esters is 1. The lowest BCUT2D eigenvalue weighted by molar-refractivity contribution is -0.141. The van der Waals surface area contributed by atoms with Crippen LogP contribution in [0.2, 0.25) is 0 Å². The van der Waals surface area contributed by atoms with Crippen LogP contribution < -0.4 is 10.4 Å². The SMILES string of the molecule is CCOC(=O)CN(NC(=O)OC(C)(C)C)c1ccc(C)cc1. The van der Waals surface area contributed by atoms with Crippen LogP contribution in [-0.4, -0.2) is 30.8 Å². The number of carbonyl (C=O) groups excluding carboxylic acids is 2. The Morgan fingerprint density at radius 2 is 1.77 bits per heavy atom. The zero-order valence-corrected chi connectivity index (χ0v) is 13.8. The number of amides is 1. The molecule has 0 saturated carbocycles. The van der Waals surface area contributed by atoms with Gasteiger partial charge in [0.15, 0.2) is 0 Å². The summed E-state index contributed by atoms with van der Waals surface area (Å²) in [5, 5.41) is 1.41. The number of aryl methyl sites for hydroxylation is 1. The number of ether oxygens (including phenoxy) is 2. The minimum absolute atomic E-state index is 0.101. The maximum atomic E-state index is 11.9. The van der Waals surface area contributed by atoms with Crippen LogP contribution in [0.4, 0.5) is 10.5 Å². The summed E-state index contributed by atoms with van der Waals surface area (Å²) in [6, 6.07) is 7.41. The average Bonchev–Trinajstić information content (AvgIpc) is 2.36. The molecule has 1 N–H and O–H groups in total. The summed E-state index contributed by atoms with van der Waals surface area (Å²) in [5.41, 5.74) is 3.70. The van der Waals surface area contributed by atoms with Gasteiger partial charge in [-0.15, -0.1) is 0 Å². The van der Waals surface area contributed by atoms with Crippen molar-refractivity contribution in [2.45, 2.75) is 40.2 Å². The first-order valence-electron chi connectivity index (χ1n) is 7.20. The number of hydrogen-bond donors (Lipinski definition) is 1. The largest absolute Gasteiger partial charge is 0.465 e. The molecular weight excluding hydrogens is 284 g/mol. The van der Waals surface area contributed by atoms with E-state index in [9.17, 15) is 9.59 Å². The molecule has 0 aromatic heterocycles. The van der Waals surface area contributed by atoms with Crippen molar-refractivity contribution >= 4 is 17.7 Å². The van der Waals surface area contributed by atoms with Crippen molar-refractivity contribution in [2.24, 2.45) is 0 Å². The minimum atomic E-state index is -0.627. The molecule has 0 radical (unpaired) electrons. The maximum Gasteiger partial charge on any atom is 0.426 e. The van der Waals surface area contributed by atoms with Crippen molar-refractivity contribution < 1.29 is 19.1 Å². The molecule has 6 nitrogen and oxygen atoms in total. The zero-order chi connectivity index (χ0) is 16.8. The average molecular weight is 308 g/mol. The Labute approximate surface area is 131 Å². The molecule has 1 amide bonds. The number of carbonyl (C=O) groups is 2. The third-order valence-electron chi connectivity index (χ3n) is 2.56. The summed E-state index contributed by atoms with van der Waals surface area (Å²) >= 11 is 0. The van der Waals surface area contributed by atoms with Crippen molar-refractivity contribution in [1.82, 2.24) is 5.43 Å². The fraction of sp³-hybridized carbons (Fsp3) is 0.500. The molecule has 1 aromatic carbocycles. The van der Waals surface area contributed by atoms with Gasteiger partial charge in [-0.25, -0.2) is 10.2 Å². The smallest absolute Gasteiger partial charge is 0.426 e. The third kappa shape index (κ3) is 6.47. The second-order valence-corrected chi connectivity index (χ2v) is 5.84. The Balaban J connectivity index is 2.84. The van der Waals surface area contributed by atoms with Gasteiger partial charge in [0.2, 0.25) is 0 Å². The van der Waals surface area contributed by atoms with E-state index in [-0.39, 0.29) is 13.2 Å². The van der Waals surface area contributed by atoms with E-state index in [1.54, 1.807) is 27.7 Å². The Morgan fingerprint density at radius 3 is 2.27 bits per heavy atom. The van der Waals surface area contributed by atoms with Gasteiger partial charge in [0.25, 0.3) is 0 Å². The molecule has 6 heteroatoms. The molecule has 122 valence electrons. The number of nitrogens with one attached hydrogen (secondary N) is 1. The monoisotopic (exact) mass is 308 g/mol. The van der Waals surface area contributed by atoms with Crippen molar-refractivity contribution in [2.75, 3.05) is 18.2 Å². The summed E-state index contributed by atoms with van der Waals surface area (Å²) in [6.07, 6.45) is -0.627. The first-order chi connectivity index (χ1) is 10.2. The Morgan fingerprint density at radius 1 is 1.18 bits per heavy atom. The van der Waals surface area contributed by atoms with Gasteiger partial charge in [-0.1, -0.05) is 17.7 Å². The van der Waals surface area contributed by atoms with Gasteiger partial charge in [-0.3, -0.25) is 9.80 Å². The van der Waals surface area contributed by atoms with Crippen molar-refractivity contribution in [1.29, 1.82) is 0 Å². The highest BCUT2D eigenvalue weighted by molar-refractivity contribution is 5.78. The van der Waals surface area contributed by atoms with Gasteiger partial charge in [-0.05, 0) is 46.8 Å². The fourth-order valence-corrected chi connectivity index (χ4v) is 1.67. The van der Waals surface area contributed by atoms with Gasteiger partial charge < -0.3 is 9.47 Å². The van der Waals surface area contributed by atoms with Crippen LogP contribution in [0.3, 0.4) is 0 Å². The maximum absolute atomic E-state index is 11.9. The van der Waals surface area contributed by atoms with Crippen LogP contribution in [0.5, 0.6) is 0 Å². The standard InChI is InChI=1S/C16H24N2O4/c1-6-21-14(19)11-18(13-9-7-12(2)8-10-13)17-15(20)22-16(3,4)5/h7-10H,6,11H2,1-5H3,(H,17,20). The third-order valence-corrected chi connectivity index (χ3v) is 2.56. The molecular formula is C16H24N2O4. The highest BCUT2D eigenvalue weighted by Crippen LogP contribution is 2.14. The van der Waals surface area contributed by atoms with E-state index in [1.807, 2.05) is 31.2 Å². The highest BCUT2D eigenvalue weighted by atomic mass is 16.6. The van der Waals surface area contributed by atoms with Crippen molar-refractivity contribution in [3.05, 3.63) is 29.8 Å². The molecule has 0 aliphatic rings. The van der Waals surface area contributed by atoms with Crippen LogP contribution in [0.1, 0.15) is 33.3 Å². The van der Waals surface area contributed by atoms with Crippen LogP contribution >= 0.6 is 0 Å². The molecule has 1 rings (SSSR count). The molecule has 0 aliphatic heterocycles. The summed E-state index contributed by atoms with van der Waals surface area (Å²) in [4.78, 5) is 23.6. The molecule has 0 spiro atoms. The Kier molecular flexibility index (Phi) is 6.22. The summed E-state index contributed by atoms with van der Waals surface area (Å²) in [7, 11) is 0. The quantitative estimate of drug-likeness (QED) is 0.669. The first-order valence-corrected chi connectivity index (χ1v) is 7.20. The molecule has 0 aliphatic carbocycles. The van der Waals surface area contributed by atoms with E-state index in [1.165, 1.54) is 5.01 Å². The Bertz CT molecular complexity index is 506. The Hall–Kier alpha value is -2.24. The fourth-order valence-electron chi connectivity index (χ4n) is 1.67. The lowest BCUT2D eigenvalue weighted by atomic mass is 10.2. The van der Waals surface area contributed by atoms with E-state index in [0.29, 0.717) is 5.69 Å². The predicted molar refractivity (Wildman–Crippen MR) is 84.5 cm³/mol. The van der Waals surface area contributed by atoms with Crippen LogP contribution in [0.15, 0.2) is 24.3 Å². The second kappa shape index (κ2) is 7.68. The molecule has 1 aromatic rings. The normalized spacial score (nSPS) is 10.8. The molecule has 0 unspecified atom stereocenters. The van der Waals surface area contributed by atoms with Crippen molar-refractivity contribution in [3.8, 4) is 0 Å². The second-order valence-electron chi connectivity index (χ2n) is 5.84. The molecule has 0 atom stereocenters. The van der Waals surface area contributed by atoms with Gasteiger partial charge in [0.05, 0.1) is 12.3 Å². The van der Waals surface area contributed by atoms with Crippen molar-refractivity contribution in [3.63, 3.8) is 0 Å². The zero-order valence-electron chi connectivity index (χ0n) is 13.8. The topological polar surface area (TPSA) is 67.9 Å². The number of nitrogens with zero attached hydrogens (tertiary/aromatic N) is 1. The van der Waals surface area contributed by atoms with E-state index in [4.69, 9.17) is 9.47 Å². The van der Waals surface area contributed by atoms with Gasteiger partial charge in [-0.2, -0.15) is 0 Å². The van der Waals surface area contributed by atoms with Gasteiger partial charge >= 0.3 is 12.1 Å². The number of hydrazine groups is 1. The summed E-state index contributed by atoms with van der Waals surface area (Å²) < 4.78 is 10.1. The molecule has 0 heterocycles. The van der Waals surface area contributed by atoms with E-state index >= 15 is 0 Å². The summed E-state index contributed by atoms with van der Waals surface area (Å²) in [5.74, 6) is -0.431. The van der Waals surface area contributed by atoms with Crippen LogP contribution in [0, 0.1) is 6.92 Å². The minimum Gasteiger partial charge on any atom is -0.465 e. The van der Waals surface area contributed by atoms with E-state index in [2.05, 4.69) is 5.43 Å². The number of anilines is 1. The number of rotatable bonds is 5. The van der Waals surface area contributed by atoms with E-state index in [0.717, 1.165) is 5.56 Å². The van der Waals surface area contributed by atoms with Crippen LogP contribution in [0.25, 0.3) is 0 Å². The highest BCUT2D eigenvalue weighted by Gasteiger charge is 2.20.